The minimum atomic E-state index is -2.99. The van der Waals surface area contributed by atoms with Crippen LogP contribution in [0.3, 0.4) is 0 Å². The number of ether oxygens (including phenoxy) is 1. The molecule has 2 aromatic carbocycles. The molecule has 0 radical (unpaired) electrons. The zero-order valence-electron chi connectivity index (χ0n) is 18.9. The third-order valence-electron chi connectivity index (χ3n) is 5.53. The number of thiophene rings is 1. The van der Waals surface area contributed by atoms with Gasteiger partial charge in [0, 0.05) is 16.1 Å². The van der Waals surface area contributed by atoms with Gasteiger partial charge in [0.2, 0.25) is 0 Å². The molecule has 0 saturated carbocycles. The number of rotatable bonds is 6. The van der Waals surface area contributed by atoms with Crippen LogP contribution < -0.4 is 24.9 Å². The second-order valence-corrected chi connectivity index (χ2v) is 9.82. The van der Waals surface area contributed by atoms with Gasteiger partial charge in [0.15, 0.2) is 4.80 Å². The van der Waals surface area contributed by atoms with Crippen molar-refractivity contribution in [2.75, 3.05) is 5.32 Å². The van der Waals surface area contributed by atoms with Crippen LogP contribution in [0.1, 0.15) is 23.4 Å². The molecule has 0 saturated heterocycles. The van der Waals surface area contributed by atoms with Gasteiger partial charge in [0.1, 0.15) is 11.8 Å². The average molecular weight is 524 g/mol. The van der Waals surface area contributed by atoms with Crippen molar-refractivity contribution in [2.24, 2.45) is 4.99 Å². The quantitative estimate of drug-likeness (QED) is 0.404. The maximum atomic E-state index is 13.6. The lowest BCUT2D eigenvalue weighted by atomic mass is 10.0. The number of nitrogens with zero attached hydrogens (tertiary/aromatic N) is 2. The number of carbonyl (C=O) groups excluding carboxylic acids is 1. The molecule has 1 atom stereocenters. The lowest BCUT2D eigenvalue weighted by Crippen LogP contribution is -2.40. The molecule has 1 aliphatic rings. The molecule has 0 aliphatic carbocycles. The number of allylic oxidation sites excluding steroid dienone is 1. The van der Waals surface area contributed by atoms with Gasteiger partial charge in [-0.3, -0.25) is 14.2 Å². The molecule has 0 spiro atoms. The summed E-state index contributed by atoms with van der Waals surface area (Å²) in [6, 6.07) is 18.4. The van der Waals surface area contributed by atoms with Crippen LogP contribution in [0, 0.1) is 0 Å². The first-order valence-electron chi connectivity index (χ1n) is 10.9. The summed E-state index contributed by atoms with van der Waals surface area (Å²) in [6.45, 7) is -1.25. The summed E-state index contributed by atoms with van der Waals surface area (Å²) in [7, 11) is 0. The third kappa shape index (κ3) is 4.65. The van der Waals surface area contributed by atoms with Crippen molar-refractivity contribution in [3.05, 3.63) is 114 Å². The number of halogens is 2. The number of benzene rings is 2. The van der Waals surface area contributed by atoms with E-state index in [-0.39, 0.29) is 21.7 Å². The third-order valence-corrected chi connectivity index (χ3v) is 7.44. The van der Waals surface area contributed by atoms with Crippen molar-refractivity contribution < 1.29 is 18.3 Å². The largest absolute Gasteiger partial charge is 0.434 e. The maximum absolute atomic E-state index is 13.6. The number of nitrogens with one attached hydrogen (secondary N) is 1. The Morgan fingerprint density at radius 3 is 2.58 bits per heavy atom. The molecule has 182 valence electrons. The Morgan fingerprint density at radius 2 is 1.86 bits per heavy atom. The zero-order chi connectivity index (χ0) is 25.2. The van der Waals surface area contributed by atoms with Gasteiger partial charge in [-0.1, -0.05) is 53.8 Å². The van der Waals surface area contributed by atoms with Gasteiger partial charge in [-0.2, -0.15) is 8.78 Å². The van der Waals surface area contributed by atoms with E-state index in [2.05, 4.69) is 15.0 Å². The SMILES string of the molecule is CC1=C(C(=O)Nc2ccccc2)[C@@H](c2cccs2)n2c(s/c(=C/c3ccccc3OC(F)F)c2=O)=N1. The van der Waals surface area contributed by atoms with Crippen LogP contribution in [0.15, 0.2) is 93.2 Å². The zero-order valence-corrected chi connectivity index (χ0v) is 20.5. The predicted molar refractivity (Wildman–Crippen MR) is 136 cm³/mol. The monoisotopic (exact) mass is 523 g/mol. The number of hydrogen-bond donors (Lipinski definition) is 1. The van der Waals surface area contributed by atoms with Crippen molar-refractivity contribution in [2.45, 2.75) is 19.6 Å². The summed E-state index contributed by atoms with van der Waals surface area (Å²) < 4.78 is 32.1. The molecular weight excluding hydrogens is 504 g/mol. The van der Waals surface area contributed by atoms with Crippen LogP contribution in [0.2, 0.25) is 0 Å². The van der Waals surface area contributed by atoms with Crippen LogP contribution in [0.5, 0.6) is 5.75 Å². The molecule has 6 nitrogen and oxygen atoms in total. The molecule has 1 amide bonds. The fourth-order valence-electron chi connectivity index (χ4n) is 3.99. The summed E-state index contributed by atoms with van der Waals surface area (Å²) in [4.78, 5) is 32.9. The van der Waals surface area contributed by atoms with Gasteiger partial charge in [0.05, 0.1) is 15.8 Å². The van der Waals surface area contributed by atoms with E-state index in [9.17, 15) is 18.4 Å². The highest BCUT2D eigenvalue weighted by Crippen LogP contribution is 2.33. The lowest BCUT2D eigenvalue weighted by molar-refractivity contribution is -0.113. The van der Waals surface area contributed by atoms with Crippen LogP contribution in [0.25, 0.3) is 6.08 Å². The highest BCUT2D eigenvalue weighted by molar-refractivity contribution is 7.10. The van der Waals surface area contributed by atoms with E-state index in [1.165, 1.54) is 28.0 Å². The highest BCUT2D eigenvalue weighted by Gasteiger charge is 2.33. The predicted octanol–water partition coefficient (Wildman–Crippen LogP) is 4.54. The number of anilines is 1. The smallest absolute Gasteiger partial charge is 0.387 e. The number of carbonyl (C=O) groups is 1. The van der Waals surface area contributed by atoms with Crippen molar-refractivity contribution in [3.8, 4) is 5.75 Å². The molecule has 36 heavy (non-hydrogen) atoms. The molecule has 0 unspecified atom stereocenters. The lowest BCUT2D eigenvalue weighted by Gasteiger charge is -2.24. The maximum Gasteiger partial charge on any atom is 0.387 e. The molecule has 5 rings (SSSR count). The summed E-state index contributed by atoms with van der Waals surface area (Å²) in [5.74, 6) is -0.391. The minimum absolute atomic E-state index is 0.0350. The van der Waals surface area contributed by atoms with Gasteiger partial charge < -0.3 is 10.1 Å². The Hall–Kier alpha value is -3.89. The standard InChI is InChI=1S/C26H19F2N3O3S2/c1-15-21(23(32)30-17-9-3-2-4-10-17)22(19-12-7-13-35-19)31-24(33)20(36-26(31)29-15)14-16-8-5-6-11-18(16)34-25(27)28/h2-14,22,25H,1H3,(H,30,32)/b20-14+/t22-/m1/s1. The van der Waals surface area contributed by atoms with Crippen LogP contribution >= 0.6 is 22.7 Å². The van der Waals surface area contributed by atoms with Gasteiger partial charge >= 0.3 is 6.61 Å². The molecule has 10 heteroatoms. The molecule has 1 aliphatic heterocycles. The Morgan fingerprint density at radius 1 is 1.11 bits per heavy atom. The van der Waals surface area contributed by atoms with E-state index in [0.29, 0.717) is 27.3 Å². The van der Waals surface area contributed by atoms with E-state index in [0.717, 1.165) is 16.2 Å². The minimum Gasteiger partial charge on any atom is -0.434 e. The average Bonchev–Trinajstić information content (AvgIpc) is 3.48. The van der Waals surface area contributed by atoms with E-state index in [1.54, 1.807) is 37.3 Å². The number of para-hydroxylation sites is 2. The highest BCUT2D eigenvalue weighted by atomic mass is 32.1. The van der Waals surface area contributed by atoms with Crippen molar-refractivity contribution in [3.63, 3.8) is 0 Å². The Bertz CT molecular complexity index is 1620. The first-order valence-corrected chi connectivity index (χ1v) is 12.6. The van der Waals surface area contributed by atoms with Crippen LogP contribution in [-0.4, -0.2) is 17.1 Å². The second-order valence-electron chi connectivity index (χ2n) is 7.83. The van der Waals surface area contributed by atoms with Crippen molar-refractivity contribution >= 4 is 40.3 Å². The van der Waals surface area contributed by atoms with E-state index in [1.807, 2.05) is 35.7 Å². The normalized spacial score (nSPS) is 15.6. The van der Waals surface area contributed by atoms with Gasteiger partial charge in [-0.15, -0.1) is 11.3 Å². The fourth-order valence-corrected chi connectivity index (χ4v) is 5.85. The Kier molecular flexibility index (Phi) is 6.62. The molecule has 2 aromatic heterocycles. The fraction of sp³-hybridized carbons (Fsp3) is 0.115. The Labute approximate surface area is 212 Å². The number of fused-ring (bicyclic) bond motifs is 1. The van der Waals surface area contributed by atoms with Gasteiger partial charge in [-0.05, 0) is 42.6 Å². The van der Waals surface area contributed by atoms with Gasteiger partial charge in [-0.25, -0.2) is 4.99 Å². The topological polar surface area (TPSA) is 72.7 Å². The first-order chi connectivity index (χ1) is 17.4. The number of thiazole rings is 1. The van der Waals surface area contributed by atoms with Crippen LogP contribution in [0.4, 0.5) is 14.5 Å². The molecule has 3 heterocycles. The number of amides is 1. The summed E-state index contributed by atoms with van der Waals surface area (Å²) >= 11 is 2.56. The summed E-state index contributed by atoms with van der Waals surface area (Å²) in [5, 5.41) is 4.78. The number of alkyl halides is 2. The number of aromatic nitrogens is 1. The van der Waals surface area contributed by atoms with Crippen LogP contribution in [-0.2, 0) is 4.79 Å². The van der Waals surface area contributed by atoms with Crippen molar-refractivity contribution in [1.82, 2.24) is 4.57 Å². The van der Waals surface area contributed by atoms with E-state index >= 15 is 0 Å². The van der Waals surface area contributed by atoms with Crippen molar-refractivity contribution in [1.29, 1.82) is 0 Å². The molecule has 0 bridgehead atoms. The Balaban J connectivity index is 1.64. The van der Waals surface area contributed by atoms with Gasteiger partial charge in [0.25, 0.3) is 11.5 Å². The molecule has 1 N–H and O–H groups in total. The van der Waals surface area contributed by atoms with E-state index in [4.69, 9.17) is 0 Å². The molecule has 0 fully saturated rings. The summed E-state index contributed by atoms with van der Waals surface area (Å²) in [5.41, 5.74) is 1.45. The first kappa shape index (κ1) is 23.8. The second kappa shape index (κ2) is 10.00. The number of hydrogen-bond acceptors (Lipinski definition) is 6. The molecule has 4 aromatic rings. The molecular formula is C26H19F2N3O3S2. The summed E-state index contributed by atoms with van der Waals surface area (Å²) in [6.07, 6.45) is 1.51. The van der Waals surface area contributed by atoms with E-state index < -0.39 is 12.7 Å².